The van der Waals surface area contributed by atoms with Crippen LogP contribution in [0.1, 0.15) is 5.56 Å². The summed E-state index contributed by atoms with van der Waals surface area (Å²) >= 11 is 3.31. The van der Waals surface area contributed by atoms with Crippen LogP contribution >= 0.6 is 15.9 Å². The van der Waals surface area contributed by atoms with Gasteiger partial charge in [-0.3, -0.25) is 14.9 Å². The molecule has 7 heteroatoms. The van der Waals surface area contributed by atoms with Crippen LogP contribution in [0.5, 0.6) is 0 Å². The van der Waals surface area contributed by atoms with Crippen LogP contribution in [0, 0.1) is 21.4 Å². The van der Waals surface area contributed by atoms with Gasteiger partial charge in [0.2, 0.25) is 0 Å². The molecule has 0 aliphatic heterocycles. The van der Waals surface area contributed by atoms with E-state index in [9.17, 15) is 14.9 Å². The van der Waals surface area contributed by atoms with Crippen molar-refractivity contribution in [1.82, 2.24) is 0 Å². The summed E-state index contributed by atoms with van der Waals surface area (Å²) in [5, 5.41) is 22.7. The first-order valence-corrected chi connectivity index (χ1v) is 7.90. The van der Waals surface area contributed by atoms with Gasteiger partial charge in [0.1, 0.15) is 11.6 Å². The molecular weight excluding hydrogens is 386 g/mol. The van der Waals surface area contributed by atoms with Gasteiger partial charge in [0, 0.05) is 10.5 Å². The Bertz CT molecular complexity index is 914. The molecule has 1 amide bonds. The summed E-state index contributed by atoms with van der Waals surface area (Å²) in [5.74, 6) is -0.568. The number of nitrogens with one attached hydrogen (secondary N) is 1. The SMILES string of the molecule is N#C/C(=C/C=C/c1ccccc1[N+](=O)[O-])C(=O)Nc1ccccc1Br. The van der Waals surface area contributed by atoms with Crippen LogP contribution in [0.4, 0.5) is 11.4 Å². The Morgan fingerprint density at radius 1 is 1.20 bits per heavy atom. The Hall–Kier alpha value is -3.24. The third-order valence-corrected chi connectivity index (χ3v) is 3.85. The molecule has 2 rings (SSSR count). The molecule has 6 nitrogen and oxygen atoms in total. The number of nitro groups is 1. The minimum absolute atomic E-state index is 0.0525. The lowest BCUT2D eigenvalue weighted by molar-refractivity contribution is -0.385. The summed E-state index contributed by atoms with van der Waals surface area (Å²) in [6.07, 6.45) is 4.21. The number of carbonyl (C=O) groups is 1. The second-order valence-electron chi connectivity index (χ2n) is 4.80. The zero-order valence-electron chi connectivity index (χ0n) is 12.8. The van der Waals surface area contributed by atoms with Crippen LogP contribution in [0.25, 0.3) is 6.08 Å². The Balaban J connectivity index is 2.18. The maximum Gasteiger partial charge on any atom is 0.276 e. The van der Waals surface area contributed by atoms with E-state index >= 15 is 0 Å². The number of anilines is 1. The van der Waals surface area contributed by atoms with E-state index in [1.54, 1.807) is 42.5 Å². The van der Waals surface area contributed by atoms with E-state index in [1.807, 2.05) is 6.07 Å². The van der Waals surface area contributed by atoms with Crippen LogP contribution < -0.4 is 5.32 Å². The number of hydrogen-bond donors (Lipinski definition) is 1. The van der Waals surface area contributed by atoms with Gasteiger partial charge in [-0.1, -0.05) is 30.3 Å². The second-order valence-corrected chi connectivity index (χ2v) is 5.66. The zero-order valence-corrected chi connectivity index (χ0v) is 14.4. The number of rotatable bonds is 5. The lowest BCUT2D eigenvalue weighted by atomic mass is 10.1. The van der Waals surface area contributed by atoms with Crippen molar-refractivity contribution in [3.63, 3.8) is 0 Å². The summed E-state index contributed by atoms with van der Waals surface area (Å²) in [5.41, 5.74) is 0.748. The minimum atomic E-state index is -0.568. The largest absolute Gasteiger partial charge is 0.320 e. The number of nitrogens with zero attached hydrogens (tertiary/aromatic N) is 2. The number of allylic oxidation sites excluding steroid dienone is 2. The van der Waals surface area contributed by atoms with Crippen molar-refractivity contribution in [1.29, 1.82) is 5.26 Å². The fraction of sp³-hybridized carbons (Fsp3) is 0. The van der Waals surface area contributed by atoms with E-state index in [1.165, 1.54) is 24.3 Å². The van der Waals surface area contributed by atoms with Crippen molar-refractivity contribution in [3.8, 4) is 6.07 Å². The normalized spacial score (nSPS) is 11.1. The van der Waals surface area contributed by atoms with Gasteiger partial charge in [0.25, 0.3) is 11.6 Å². The topological polar surface area (TPSA) is 96.0 Å². The fourth-order valence-corrected chi connectivity index (χ4v) is 2.34. The summed E-state index contributed by atoms with van der Waals surface area (Å²) < 4.78 is 0.691. The van der Waals surface area contributed by atoms with E-state index in [-0.39, 0.29) is 11.3 Å². The van der Waals surface area contributed by atoms with Gasteiger partial charge in [0.05, 0.1) is 16.2 Å². The van der Waals surface area contributed by atoms with Gasteiger partial charge in [-0.2, -0.15) is 5.26 Å². The lowest BCUT2D eigenvalue weighted by Gasteiger charge is -2.05. The lowest BCUT2D eigenvalue weighted by Crippen LogP contribution is -2.13. The maximum absolute atomic E-state index is 12.1. The standard InChI is InChI=1S/C18H12BrN3O3/c19-15-9-2-3-10-16(15)21-18(23)14(12-20)8-5-7-13-6-1-4-11-17(13)22(24)25/h1-11H,(H,21,23)/b7-5+,14-8-. The number of benzene rings is 2. The van der Waals surface area contributed by atoms with E-state index in [0.29, 0.717) is 15.7 Å². The molecule has 0 aliphatic rings. The summed E-state index contributed by atoms with van der Waals surface area (Å²) in [4.78, 5) is 22.6. The first-order chi connectivity index (χ1) is 12.0. The average molecular weight is 398 g/mol. The van der Waals surface area contributed by atoms with Crippen molar-refractivity contribution in [2.24, 2.45) is 0 Å². The summed E-state index contributed by atoms with van der Waals surface area (Å²) in [6.45, 7) is 0. The second kappa shape index (κ2) is 8.57. The van der Waals surface area contributed by atoms with Gasteiger partial charge >= 0.3 is 0 Å². The van der Waals surface area contributed by atoms with Crippen molar-refractivity contribution in [2.45, 2.75) is 0 Å². The average Bonchev–Trinajstić information content (AvgIpc) is 2.61. The number of carbonyl (C=O) groups excluding carboxylic acids is 1. The summed E-state index contributed by atoms with van der Waals surface area (Å²) in [7, 11) is 0. The van der Waals surface area contributed by atoms with Crippen molar-refractivity contribution in [2.75, 3.05) is 5.32 Å². The number of hydrogen-bond acceptors (Lipinski definition) is 4. The van der Waals surface area contributed by atoms with Gasteiger partial charge < -0.3 is 5.32 Å². The van der Waals surface area contributed by atoms with Crippen LogP contribution in [0.2, 0.25) is 0 Å². The van der Waals surface area contributed by atoms with Gasteiger partial charge in [-0.05, 0) is 46.3 Å². The molecule has 2 aromatic carbocycles. The number of amides is 1. The molecule has 25 heavy (non-hydrogen) atoms. The first kappa shape index (κ1) is 18.1. The van der Waals surface area contributed by atoms with Crippen LogP contribution in [0.3, 0.4) is 0 Å². The Labute approximate surface area is 152 Å². The van der Waals surface area contributed by atoms with Crippen molar-refractivity contribution < 1.29 is 9.72 Å². The smallest absolute Gasteiger partial charge is 0.276 e. The fourth-order valence-electron chi connectivity index (χ4n) is 1.96. The number of para-hydroxylation sites is 2. The monoisotopic (exact) mass is 397 g/mol. The minimum Gasteiger partial charge on any atom is -0.320 e. The van der Waals surface area contributed by atoms with E-state index in [2.05, 4.69) is 21.2 Å². The predicted octanol–water partition coefficient (Wildman–Crippen LogP) is 4.46. The molecule has 0 aliphatic carbocycles. The zero-order chi connectivity index (χ0) is 18.2. The predicted molar refractivity (Wildman–Crippen MR) is 98.6 cm³/mol. The number of nitro benzene ring substituents is 1. The quantitative estimate of drug-likeness (QED) is 0.264. The van der Waals surface area contributed by atoms with Crippen molar-refractivity contribution >= 4 is 39.3 Å². The highest BCUT2D eigenvalue weighted by Crippen LogP contribution is 2.22. The molecule has 0 atom stereocenters. The molecule has 0 radical (unpaired) electrons. The highest BCUT2D eigenvalue weighted by Gasteiger charge is 2.11. The van der Waals surface area contributed by atoms with Crippen LogP contribution in [-0.4, -0.2) is 10.8 Å². The van der Waals surface area contributed by atoms with E-state index in [4.69, 9.17) is 5.26 Å². The van der Waals surface area contributed by atoms with Crippen molar-refractivity contribution in [3.05, 3.63) is 86.4 Å². The Morgan fingerprint density at radius 2 is 1.88 bits per heavy atom. The first-order valence-electron chi connectivity index (χ1n) is 7.10. The molecule has 1 N–H and O–H groups in total. The Morgan fingerprint density at radius 3 is 2.56 bits per heavy atom. The molecule has 0 spiro atoms. The maximum atomic E-state index is 12.1. The number of nitriles is 1. The molecule has 124 valence electrons. The molecule has 0 fully saturated rings. The molecule has 2 aromatic rings. The Kier molecular flexibility index (Phi) is 6.20. The molecule has 0 saturated carbocycles. The molecular formula is C18H12BrN3O3. The number of halogens is 1. The molecule has 0 heterocycles. The highest BCUT2D eigenvalue weighted by molar-refractivity contribution is 9.10. The highest BCUT2D eigenvalue weighted by atomic mass is 79.9. The molecule has 0 aromatic heterocycles. The third-order valence-electron chi connectivity index (χ3n) is 3.16. The third kappa shape index (κ3) is 4.86. The molecule has 0 unspecified atom stereocenters. The van der Waals surface area contributed by atoms with Gasteiger partial charge in [0.15, 0.2) is 0 Å². The van der Waals surface area contributed by atoms with E-state index in [0.717, 1.165) is 0 Å². The van der Waals surface area contributed by atoms with Gasteiger partial charge in [-0.25, -0.2) is 0 Å². The molecule has 0 bridgehead atoms. The van der Waals surface area contributed by atoms with Gasteiger partial charge in [-0.15, -0.1) is 0 Å². The summed E-state index contributed by atoms with van der Waals surface area (Å²) in [6, 6.07) is 15.0. The van der Waals surface area contributed by atoms with Crippen LogP contribution in [-0.2, 0) is 4.79 Å². The molecule has 0 saturated heterocycles. The van der Waals surface area contributed by atoms with Crippen LogP contribution in [0.15, 0.2) is 70.7 Å². The van der Waals surface area contributed by atoms with E-state index < -0.39 is 10.8 Å².